The largest absolute Gasteiger partial charge is 0.384 e. The highest BCUT2D eigenvalue weighted by atomic mass is 32.2. The number of aryl methyl sites for hydroxylation is 1. The van der Waals surface area contributed by atoms with Gasteiger partial charge in [0.05, 0.1) is 10.8 Å². The third kappa shape index (κ3) is 4.52. The van der Waals surface area contributed by atoms with Gasteiger partial charge in [-0.3, -0.25) is 9.10 Å². The van der Waals surface area contributed by atoms with Crippen LogP contribution in [0.15, 0.2) is 75.2 Å². The van der Waals surface area contributed by atoms with Crippen molar-refractivity contribution in [1.82, 2.24) is 10.2 Å². The highest BCUT2D eigenvalue weighted by Gasteiger charge is 2.37. The molecule has 1 aliphatic rings. The lowest BCUT2D eigenvalue weighted by Crippen LogP contribution is -2.39. The monoisotopic (exact) mass is 483 g/mol. The van der Waals surface area contributed by atoms with Crippen molar-refractivity contribution in [3.8, 4) is 0 Å². The summed E-state index contributed by atoms with van der Waals surface area (Å²) in [5.74, 6) is -0.0959. The topological polar surface area (TPSA) is 128 Å². The van der Waals surface area contributed by atoms with E-state index >= 15 is 0 Å². The number of nitrogens with one attached hydrogen (secondary N) is 1. The second-order valence-corrected chi connectivity index (χ2v) is 9.92. The number of nitrogens with zero attached hydrogens (tertiary/aromatic N) is 4. The second-order valence-electron chi connectivity index (χ2n) is 7.95. The van der Waals surface area contributed by atoms with Crippen LogP contribution < -0.4 is 9.62 Å². The first kappa shape index (κ1) is 23.5. The first-order valence-corrected chi connectivity index (χ1v) is 12.0. The number of carbonyl (C=O) groups excluding carboxylic acids is 1. The third-order valence-corrected chi connectivity index (χ3v) is 7.39. The molecule has 178 valence electrons. The van der Waals surface area contributed by atoms with Gasteiger partial charge in [0.15, 0.2) is 12.0 Å². The fraction of sp³-hybridized carbons (Fsp3) is 0.261. The van der Waals surface area contributed by atoms with Crippen molar-refractivity contribution in [2.75, 3.05) is 23.2 Å². The molecule has 0 spiro atoms. The molecule has 1 aromatic heterocycles. The van der Waals surface area contributed by atoms with Crippen LogP contribution in [0.4, 0.5) is 11.5 Å². The molecule has 0 saturated heterocycles. The Morgan fingerprint density at radius 3 is 2.44 bits per heavy atom. The van der Waals surface area contributed by atoms with Crippen molar-refractivity contribution in [3.05, 3.63) is 72.0 Å². The van der Waals surface area contributed by atoms with Gasteiger partial charge < -0.3 is 14.9 Å². The van der Waals surface area contributed by atoms with Crippen molar-refractivity contribution >= 4 is 33.1 Å². The maximum Gasteiger partial charge on any atom is 0.276 e. The summed E-state index contributed by atoms with van der Waals surface area (Å²) in [5.41, 5.74) is 1.72. The molecule has 2 unspecified atom stereocenters. The summed E-state index contributed by atoms with van der Waals surface area (Å²) in [6, 6.07) is 16.4. The highest BCUT2D eigenvalue weighted by Crippen LogP contribution is 2.25. The van der Waals surface area contributed by atoms with Crippen LogP contribution in [0.2, 0.25) is 0 Å². The maximum absolute atomic E-state index is 12.9. The Morgan fingerprint density at radius 1 is 1.15 bits per heavy atom. The van der Waals surface area contributed by atoms with Crippen molar-refractivity contribution in [3.63, 3.8) is 0 Å². The van der Waals surface area contributed by atoms with Gasteiger partial charge in [0, 0.05) is 36.6 Å². The van der Waals surface area contributed by atoms with Crippen molar-refractivity contribution in [2.45, 2.75) is 25.0 Å². The van der Waals surface area contributed by atoms with Crippen LogP contribution >= 0.6 is 0 Å². The number of hydrogen-bond acceptors (Lipinski definition) is 8. The van der Waals surface area contributed by atoms with Crippen LogP contribution in [0.25, 0.3) is 0 Å². The standard InChI is InChI=1S/C23H25N5O5S/c1-15-13-21(26-33-15)27(3)34(31,32)19-11-9-18(10-12-19)24-14-20-16(2)25-28(23(20)30)22(29)17-7-5-4-6-8-17/h4-13,20,23-24,30H,14H2,1-3H3. The van der Waals surface area contributed by atoms with E-state index in [2.05, 4.69) is 15.6 Å². The lowest BCUT2D eigenvalue weighted by atomic mass is 10.0. The Hall–Kier alpha value is -3.70. The van der Waals surface area contributed by atoms with Crippen LogP contribution in [0, 0.1) is 12.8 Å². The Morgan fingerprint density at radius 2 is 1.82 bits per heavy atom. The van der Waals surface area contributed by atoms with Crippen LogP contribution in [0.1, 0.15) is 23.0 Å². The summed E-state index contributed by atoms with van der Waals surface area (Å²) >= 11 is 0. The lowest BCUT2D eigenvalue weighted by molar-refractivity contribution is 0.00529. The van der Waals surface area contributed by atoms with Gasteiger partial charge in [-0.25, -0.2) is 8.42 Å². The SMILES string of the molecule is CC1=NN(C(=O)c2ccccc2)C(O)C1CNc1ccc(S(=O)(=O)N(C)c2cc(C)on2)cc1. The molecule has 0 saturated carbocycles. The predicted molar refractivity (Wildman–Crippen MR) is 127 cm³/mol. The molecule has 1 aliphatic heterocycles. The fourth-order valence-corrected chi connectivity index (χ4v) is 4.71. The van der Waals surface area contributed by atoms with Gasteiger partial charge in [-0.2, -0.15) is 10.1 Å². The zero-order valence-electron chi connectivity index (χ0n) is 18.9. The summed E-state index contributed by atoms with van der Waals surface area (Å²) < 4.78 is 31.7. The Bertz CT molecular complexity index is 1310. The second kappa shape index (κ2) is 9.27. The molecule has 2 N–H and O–H groups in total. The quantitative estimate of drug-likeness (QED) is 0.529. The number of aliphatic hydroxyl groups is 1. The van der Waals surface area contributed by atoms with Crippen molar-refractivity contribution < 1.29 is 22.8 Å². The lowest BCUT2D eigenvalue weighted by Gasteiger charge is -2.22. The van der Waals surface area contributed by atoms with Crippen molar-refractivity contribution in [2.24, 2.45) is 11.0 Å². The van der Waals surface area contributed by atoms with E-state index in [1.54, 1.807) is 50.2 Å². The van der Waals surface area contributed by atoms with E-state index in [1.807, 2.05) is 6.07 Å². The number of aliphatic hydroxyl groups excluding tert-OH is 1. The Labute approximate surface area is 197 Å². The zero-order valence-corrected chi connectivity index (χ0v) is 19.7. The molecular formula is C23H25N5O5S. The van der Waals surface area contributed by atoms with Gasteiger partial charge in [-0.05, 0) is 50.2 Å². The fourth-order valence-electron chi connectivity index (χ4n) is 3.58. The molecule has 2 aromatic carbocycles. The average Bonchev–Trinajstić information content (AvgIpc) is 3.40. The number of sulfonamides is 1. The minimum absolute atomic E-state index is 0.0967. The van der Waals surface area contributed by atoms with E-state index in [4.69, 9.17) is 4.52 Å². The van der Waals surface area contributed by atoms with E-state index < -0.39 is 22.2 Å². The molecule has 4 rings (SSSR count). The molecule has 0 radical (unpaired) electrons. The van der Waals surface area contributed by atoms with Gasteiger partial charge in [0.2, 0.25) is 0 Å². The third-order valence-electron chi connectivity index (χ3n) is 5.62. The molecule has 3 aromatic rings. The van der Waals surface area contributed by atoms with Gasteiger partial charge in [0.1, 0.15) is 5.76 Å². The zero-order chi connectivity index (χ0) is 24.5. The first-order chi connectivity index (χ1) is 16.2. The minimum Gasteiger partial charge on any atom is -0.384 e. The van der Waals surface area contributed by atoms with Gasteiger partial charge >= 0.3 is 0 Å². The summed E-state index contributed by atoms with van der Waals surface area (Å²) in [5, 5.41) is 23.0. The molecule has 0 fully saturated rings. The predicted octanol–water partition coefficient (Wildman–Crippen LogP) is 2.69. The maximum atomic E-state index is 12.9. The number of carbonyl (C=O) groups is 1. The molecular weight excluding hydrogens is 458 g/mol. The van der Waals surface area contributed by atoms with Crippen LogP contribution in [0.3, 0.4) is 0 Å². The Kier molecular flexibility index (Phi) is 6.40. The minimum atomic E-state index is -3.81. The van der Waals surface area contributed by atoms with E-state index in [1.165, 1.54) is 25.2 Å². The number of hydrogen-bond donors (Lipinski definition) is 2. The van der Waals surface area contributed by atoms with E-state index in [0.29, 0.717) is 29.3 Å². The van der Waals surface area contributed by atoms with E-state index in [0.717, 1.165) is 9.31 Å². The summed E-state index contributed by atoms with van der Waals surface area (Å²) in [6.45, 7) is 3.74. The van der Waals surface area contributed by atoms with Gasteiger partial charge in [-0.1, -0.05) is 23.4 Å². The van der Waals surface area contributed by atoms with Gasteiger partial charge in [0.25, 0.3) is 15.9 Å². The number of hydrazone groups is 1. The van der Waals surface area contributed by atoms with E-state index in [-0.39, 0.29) is 16.6 Å². The molecule has 2 atom stereocenters. The molecule has 0 aliphatic carbocycles. The molecule has 1 amide bonds. The van der Waals surface area contributed by atoms with E-state index in [9.17, 15) is 18.3 Å². The first-order valence-electron chi connectivity index (χ1n) is 10.6. The van der Waals surface area contributed by atoms with Crippen LogP contribution in [-0.2, 0) is 10.0 Å². The summed E-state index contributed by atoms with van der Waals surface area (Å²) in [7, 11) is -2.40. The van der Waals surface area contributed by atoms with Crippen LogP contribution in [-0.4, -0.2) is 55.1 Å². The Balaban J connectivity index is 1.40. The smallest absolute Gasteiger partial charge is 0.276 e. The molecule has 10 nitrogen and oxygen atoms in total. The molecule has 0 bridgehead atoms. The van der Waals surface area contributed by atoms with Gasteiger partial charge in [-0.15, -0.1) is 0 Å². The molecule has 2 heterocycles. The summed E-state index contributed by atoms with van der Waals surface area (Å²) in [4.78, 5) is 12.8. The normalized spacial score (nSPS) is 18.0. The number of amides is 1. The molecule has 34 heavy (non-hydrogen) atoms. The molecule has 11 heteroatoms. The highest BCUT2D eigenvalue weighted by molar-refractivity contribution is 7.92. The average molecular weight is 484 g/mol. The number of aromatic nitrogens is 1. The van der Waals surface area contributed by atoms with Crippen molar-refractivity contribution in [1.29, 1.82) is 0 Å². The summed E-state index contributed by atoms with van der Waals surface area (Å²) in [6.07, 6.45) is -1.11. The number of benzene rings is 2. The number of rotatable bonds is 7. The number of anilines is 2. The van der Waals surface area contributed by atoms with Crippen LogP contribution in [0.5, 0.6) is 0 Å².